The summed E-state index contributed by atoms with van der Waals surface area (Å²) < 4.78 is 33.6. The van der Waals surface area contributed by atoms with Gasteiger partial charge in [0.05, 0.1) is 12.7 Å². The number of hydrogen-bond acceptors (Lipinski definition) is 3. The van der Waals surface area contributed by atoms with Crippen LogP contribution in [0.4, 0.5) is 8.78 Å². The fourth-order valence-corrected chi connectivity index (χ4v) is 5.53. The Morgan fingerprint density at radius 2 is 1.80 bits per heavy atom. The van der Waals surface area contributed by atoms with Crippen molar-refractivity contribution in [3.05, 3.63) is 64.7 Å². The molecule has 162 valence electrons. The van der Waals surface area contributed by atoms with Crippen LogP contribution in [0.5, 0.6) is 5.75 Å². The van der Waals surface area contributed by atoms with E-state index in [9.17, 15) is 13.9 Å². The molecule has 1 N–H and O–H groups in total. The lowest BCUT2D eigenvalue weighted by Crippen LogP contribution is -2.64. The zero-order valence-corrected chi connectivity index (χ0v) is 18.2. The Labute approximate surface area is 177 Å². The maximum atomic E-state index is 13.9. The summed E-state index contributed by atoms with van der Waals surface area (Å²) in [6, 6.07) is 10.0. The molecule has 0 amide bonds. The molecule has 5 heteroatoms. The first-order chi connectivity index (χ1) is 14.1. The Bertz CT molecular complexity index is 924. The topological polar surface area (TPSA) is 32.7 Å². The average Bonchev–Trinajstić information content (AvgIpc) is 2.67. The van der Waals surface area contributed by atoms with Gasteiger partial charge in [-0.25, -0.2) is 8.78 Å². The molecule has 0 spiro atoms. The number of nitrogens with zero attached hydrogens (tertiary/aromatic N) is 1. The van der Waals surface area contributed by atoms with Crippen molar-refractivity contribution in [2.45, 2.75) is 64.7 Å². The molecule has 1 heterocycles. The first kappa shape index (κ1) is 21.3. The van der Waals surface area contributed by atoms with Gasteiger partial charge in [0.15, 0.2) is 0 Å². The Morgan fingerprint density at radius 3 is 2.50 bits per heavy atom. The number of benzene rings is 2. The minimum Gasteiger partial charge on any atom is -0.508 e. The summed E-state index contributed by atoms with van der Waals surface area (Å²) in [5, 5.41) is 10.5. The molecular weight excluding hydrogens is 384 g/mol. The summed E-state index contributed by atoms with van der Waals surface area (Å²) in [7, 11) is 0. The van der Waals surface area contributed by atoms with E-state index in [0.717, 1.165) is 24.9 Å². The first-order valence-electron chi connectivity index (χ1n) is 10.7. The van der Waals surface area contributed by atoms with Crippen LogP contribution >= 0.6 is 0 Å². The number of phenols is 1. The lowest BCUT2D eigenvalue weighted by Gasteiger charge is -2.61. The summed E-state index contributed by atoms with van der Waals surface area (Å²) in [6.07, 6.45) is 1.61. The zero-order valence-electron chi connectivity index (χ0n) is 18.2. The summed E-state index contributed by atoms with van der Waals surface area (Å²) in [5.41, 5.74) is 2.30. The summed E-state index contributed by atoms with van der Waals surface area (Å²) in [4.78, 5) is 2.43. The number of aromatic hydroxyl groups is 1. The van der Waals surface area contributed by atoms with Gasteiger partial charge in [0.25, 0.3) is 0 Å². The van der Waals surface area contributed by atoms with E-state index < -0.39 is 11.6 Å². The van der Waals surface area contributed by atoms with Crippen LogP contribution in [0.1, 0.15) is 50.8 Å². The van der Waals surface area contributed by atoms with Gasteiger partial charge in [-0.1, -0.05) is 39.0 Å². The van der Waals surface area contributed by atoms with E-state index in [4.69, 9.17) is 4.74 Å². The largest absolute Gasteiger partial charge is 0.508 e. The van der Waals surface area contributed by atoms with Crippen LogP contribution in [-0.4, -0.2) is 35.2 Å². The van der Waals surface area contributed by atoms with Gasteiger partial charge < -0.3 is 9.84 Å². The van der Waals surface area contributed by atoms with E-state index in [0.29, 0.717) is 12.3 Å². The molecule has 3 atom stereocenters. The molecule has 1 unspecified atom stereocenters. The van der Waals surface area contributed by atoms with Crippen molar-refractivity contribution in [3.63, 3.8) is 0 Å². The Hall–Kier alpha value is -1.98. The van der Waals surface area contributed by atoms with Crippen molar-refractivity contribution in [1.29, 1.82) is 0 Å². The molecule has 1 saturated heterocycles. The van der Waals surface area contributed by atoms with E-state index in [1.807, 2.05) is 13.0 Å². The quantitative estimate of drug-likeness (QED) is 0.730. The predicted octanol–water partition coefficient (Wildman–Crippen LogP) is 5.19. The van der Waals surface area contributed by atoms with E-state index in [2.05, 4.69) is 31.7 Å². The van der Waals surface area contributed by atoms with Crippen molar-refractivity contribution in [1.82, 2.24) is 4.90 Å². The molecule has 4 rings (SSSR count). The molecule has 2 aliphatic rings. The second-order valence-electron chi connectivity index (χ2n) is 9.64. The SMILES string of the molecule is CC(CN1CC[C@@]2(C)c3cccc(O)c3C[C@@H]1C2(C)C)OCc1c(F)cccc1F. The highest BCUT2D eigenvalue weighted by molar-refractivity contribution is 5.48. The molecule has 1 fully saturated rings. The van der Waals surface area contributed by atoms with Crippen LogP contribution < -0.4 is 0 Å². The normalized spacial score (nSPS) is 26.3. The van der Waals surface area contributed by atoms with Crippen LogP contribution in [0, 0.1) is 17.0 Å². The van der Waals surface area contributed by atoms with Gasteiger partial charge in [0, 0.05) is 23.6 Å². The summed E-state index contributed by atoms with van der Waals surface area (Å²) in [6.45, 7) is 10.4. The van der Waals surface area contributed by atoms with Crippen molar-refractivity contribution >= 4 is 0 Å². The molecule has 30 heavy (non-hydrogen) atoms. The smallest absolute Gasteiger partial charge is 0.131 e. The molecule has 0 aromatic heterocycles. The maximum Gasteiger partial charge on any atom is 0.131 e. The third-order valence-electron chi connectivity index (χ3n) is 7.80. The molecule has 3 nitrogen and oxygen atoms in total. The van der Waals surface area contributed by atoms with E-state index in [1.165, 1.54) is 23.8 Å². The molecule has 2 aromatic carbocycles. The summed E-state index contributed by atoms with van der Waals surface area (Å²) >= 11 is 0. The number of phenolic OH excluding ortho intramolecular Hbond substituents is 1. The van der Waals surface area contributed by atoms with Crippen molar-refractivity contribution in [2.75, 3.05) is 13.1 Å². The van der Waals surface area contributed by atoms with Crippen LogP contribution in [0.15, 0.2) is 36.4 Å². The van der Waals surface area contributed by atoms with Gasteiger partial charge in [-0.15, -0.1) is 0 Å². The number of likely N-dealkylation sites (tertiary alicyclic amines) is 1. The highest BCUT2D eigenvalue weighted by Gasteiger charge is 2.56. The number of halogens is 2. The van der Waals surface area contributed by atoms with Crippen LogP contribution in [0.25, 0.3) is 0 Å². The Balaban J connectivity index is 1.51. The number of piperidine rings is 1. The van der Waals surface area contributed by atoms with Gasteiger partial charge >= 0.3 is 0 Å². The van der Waals surface area contributed by atoms with Crippen LogP contribution in [0.2, 0.25) is 0 Å². The fourth-order valence-electron chi connectivity index (χ4n) is 5.53. The molecular formula is C25H31F2NO2. The number of fused-ring (bicyclic) bond motifs is 4. The number of ether oxygens (including phenoxy) is 1. The highest BCUT2D eigenvalue weighted by atomic mass is 19.1. The van der Waals surface area contributed by atoms with E-state index in [-0.39, 0.29) is 35.1 Å². The van der Waals surface area contributed by atoms with Crippen molar-refractivity contribution in [3.8, 4) is 5.75 Å². The van der Waals surface area contributed by atoms with Gasteiger partial charge in [0.1, 0.15) is 17.4 Å². The first-order valence-corrected chi connectivity index (χ1v) is 10.7. The monoisotopic (exact) mass is 415 g/mol. The van der Waals surface area contributed by atoms with Crippen LogP contribution in [-0.2, 0) is 23.2 Å². The highest BCUT2D eigenvalue weighted by Crippen LogP contribution is 2.57. The molecule has 1 aliphatic heterocycles. The van der Waals surface area contributed by atoms with E-state index in [1.54, 1.807) is 6.07 Å². The average molecular weight is 416 g/mol. The Kier molecular flexibility index (Phi) is 5.39. The predicted molar refractivity (Wildman–Crippen MR) is 114 cm³/mol. The minimum atomic E-state index is -0.573. The Morgan fingerprint density at radius 1 is 1.13 bits per heavy atom. The second kappa shape index (κ2) is 7.61. The third-order valence-corrected chi connectivity index (χ3v) is 7.80. The maximum absolute atomic E-state index is 13.9. The van der Waals surface area contributed by atoms with Crippen molar-refractivity contribution < 1.29 is 18.6 Å². The lowest BCUT2D eigenvalue weighted by molar-refractivity contribution is -0.0655. The summed E-state index contributed by atoms with van der Waals surface area (Å²) in [5.74, 6) is -0.770. The van der Waals surface area contributed by atoms with Gasteiger partial charge in [-0.3, -0.25) is 4.90 Å². The third kappa shape index (κ3) is 3.32. The van der Waals surface area contributed by atoms with Crippen molar-refractivity contribution in [2.24, 2.45) is 5.41 Å². The molecule has 0 saturated carbocycles. The van der Waals surface area contributed by atoms with Gasteiger partial charge in [-0.2, -0.15) is 0 Å². The second-order valence-corrected chi connectivity index (χ2v) is 9.64. The van der Waals surface area contributed by atoms with E-state index >= 15 is 0 Å². The zero-order chi connectivity index (χ0) is 21.7. The van der Waals surface area contributed by atoms with Gasteiger partial charge in [0.2, 0.25) is 0 Å². The van der Waals surface area contributed by atoms with Gasteiger partial charge in [-0.05, 0) is 61.1 Å². The molecule has 2 aromatic rings. The number of rotatable bonds is 5. The molecule has 0 radical (unpaired) electrons. The minimum absolute atomic E-state index is 0.0130. The van der Waals surface area contributed by atoms with Crippen LogP contribution in [0.3, 0.4) is 0 Å². The molecule has 2 bridgehead atoms. The standard InChI is InChI=1S/C25H31F2NO2/c1-16(30-15-18-20(26)8-6-9-21(18)27)14-28-12-11-25(4)19-7-5-10-22(29)17(19)13-23(28)24(25,2)3/h5-10,16,23,29H,11-15H2,1-4H3/t16?,23-,25+/m1/s1. The molecule has 1 aliphatic carbocycles. The lowest BCUT2D eigenvalue weighted by atomic mass is 9.51. The fraction of sp³-hybridized carbons (Fsp3) is 0.520. The number of hydrogen-bond donors (Lipinski definition) is 1.